The lowest BCUT2D eigenvalue weighted by Crippen LogP contribution is -2.22. The van der Waals surface area contributed by atoms with E-state index in [-0.39, 0.29) is 0 Å². The average molecular weight is 471 g/mol. The summed E-state index contributed by atoms with van der Waals surface area (Å²) in [4.78, 5) is 0. The van der Waals surface area contributed by atoms with Crippen LogP contribution < -0.4 is 0 Å². The minimum Gasteiger partial charge on any atom is -0.507 e. The van der Waals surface area contributed by atoms with Gasteiger partial charge in [-0.25, -0.2) is 0 Å². The summed E-state index contributed by atoms with van der Waals surface area (Å²) in [5.74, 6) is 1.29. The van der Waals surface area contributed by atoms with Gasteiger partial charge in [0.2, 0.25) is 0 Å². The molecule has 0 saturated carbocycles. The Bertz CT molecular complexity index is 1490. The quantitative estimate of drug-likeness (QED) is 0.351. The van der Waals surface area contributed by atoms with Crippen molar-refractivity contribution in [1.82, 2.24) is 0 Å². The molecule has 36 heavy (non-hydrogen) atoms. The fraction of sp³-hybridized carbons (Fsp3) is 0.200. The molecule has 1 atom stereocenters. The first-order chi connectivity index (χ1) is 17.6. The number of hydrogen-bond acceptors (Lipinski definition) is 1. The van der Waals surface area contributed by atoms with Crippen molar-refractivity contribution in [2.24, 2.45) is 5.92 Å². The third kappa shape index (κ3) is 4.09. The van der Waals surface area contributed by atoms with Crippen LogP contribution in [0.2, 0.25) is 0 Å². The summed E-state index contributed by atoms with van der Waals surface area (Å²) in [5, 5.41) is 15.6. The van der Waals surface area contributed by atoms with Crippen molar-refractivity contribution in [3.63, 3.8) is 0 Å². The molecule has 4 aliphatic rings. The topological polar surface area (TPSA) is 20.2 Å². The normalized spacial score (nSPS) is 18.9. The molecule has 180 valence electrons. The van der Waals surface area contributed by atoms with Crippen molar-refractivity contribution in [2.75, 3.05) is 0 Å². The van der Waals surface area contributed by atoms with Crippen LogP contribution in [0.4, 0.5) is 0 Å². The van der Waals surface area contributed by atoms with Gasteiger partial charge >= 0.3 is 0 Å². The molecule has 0 aromatic heterocycles. The van der Waals surface area contributed by atoms with Gasteiger partial charge in [0.1, 0.15) is 5.76 Å². The lowest BCUT2D eigenvalue weighted by atomic mass is 9.69. The summed E-state index contributed by atoms with van der Waals surface area (Å²) in [6.07, 6.45) is 17.8. The Labute approximate surface area is 214 Å². The minimum atomic E-state index is 0.343. The Morgan fingerprint density at radius 3 is 2.14 bits per heavy atom. The first kappa shape index (κ1) is 23.9. The first-order valence-electron chi connectivity index (χ1n) is 13.1. The number of aliphatic hydroxyl groups excluding tert-OH is 1. The van der Waals surface area contributed by atoms with Gasteiger partial charge in [-0.15, -0.1) is 0 Å². The highest BCUT2D eigenvalue weighted by atomic mass is 16.3. The maximum absolute atomic E-state index is 10.1. The van der Waals surface area contributed by atoms with E-state index in [0.717, 1.165) is 12.0 Å². The average Bonchev–Trinajstić information content (AvgIpc) is 2.92. The third-order valence-electron chi connectivity index (χ3n) is 7.24. The van der Waals surface area contributed by atoms with Crippen molar-refractivity contribution in [3.05, 3.63) is 142 Å². The molecule has 0 spiro atoms. The largest absolute Gasteiger partial charge is 0.507 e. The van der Waals surface area contributed by atoms with E-state index in [0.29, 0.717) is 17.6 Å². The maximum Gasteiger partial charge on any atom is 0.123 e. The molecule has 0 aliphatic heterocycles. The molecule has 0 bridgehead atoms. The molecular formula is C35H34O. The van der Waals surface area contributed by atoms with Crippen LogP contribution in [-0.4, -0.2) is 5.11 Å². The predicted molar refractivity (Wildman–Crippen MR) is 155 cm³/mol. The van der Waals surface area contributed by atoms with E-state index in [1.165, 1.54) is 49.4 Å². The highest BCUT2D eigenvalue weighted by molar-refractivity contribution is 6.02. The van der Waals surface area contributed by atoms with Gasteiger partial charge in [-0.3, -0.25) is 0 Å². The molecular weight excluding hydrogens is 436 g/mol. The van der Waals surface area contributed by atoms with Crippen LogP contribution in [0.15, 0.2) is 137 Å². The van der Waals surface area contributed by atoms with E-state index in [4.69, 9.17) is 0 Å². The van der Waals surface area contributed by atoms with Crippen LogP contribution in [-0.2, 0) is 0 Å². The number of allylic oxidation sites excluding steroid dienone is 12. The van der Waals surface area contributed by atoms with Crippen LogP contribution in [0, 0.1) is 5.92 Å². The zero-order valence-corrected chi connectivity index (χ0v) is 21.6. The van der Waals surface area contributed by atoms with Crippen LogP contribution >= 0.6 is 0 Å². The Balaban J connectivity index is 0.000000139. The summed E-state index contributed by atoms with van der Waals surface area (Å²) in [6.45, 7) is 8.54. The van der Waals surface area contributed by atoms with Gasteiger partial charge in [0.25, 0.3) is 0 Å². The molecule has 7 rings (SSSR count). The van der Waals surface area contributed by atoms with Crippen LogP contribution in [0.25, 0.3) is 21.5 Å². The molecule has 3 aromatic carbocycles. The summed E-state index contributed by atoms with van der Waals surface area (Å²) in [7, 11) is 0. The molecule has 0 radical (unpaired) electrons. The molecule has 1 heteroatoms. The summed E-state index contributed by atoms with van der Waals surface area (Å²) in [5.41, 5.74) is 7.66. The summed E-state index contributed by atoms with van der Waals surface area (Å²) >= 11 is 0. The van der Waals surface area contributed by atoms with Gasteiger partial charge in [-0.05, 0) is 73.9 Å². The van der Waals surface area contributed by atoms with Crippen molar-refractivity contribution < 1.29 is 5.11 Å². The molecule has 1 nitrogen and oxygen atoms in total. The fourth-order valence-corrected chi connectivity index (χ4v) is 5.77. The van der Waals surface area contributed by atoms with E-state index in [9.17, 15) is 5.11 Å². The van der Waals surface area contributed by atoms with E-state index >= 15 is 0 Å². The molecule has 1 unspecified atom stereocenters. The first-order valence-corrected chi connectivity index (χ1v) is 13.1. The van der Waals surface area contributed by atoms with Gasteiger partial charge in [0.15, 0.2) is 0 Å². The molecule has 0 saturated heterocycles. The number of rotatable bonds is 1. The Morgan fingerprint density at radius 1 is 0.806 bits per heavy atom. The van der Waals surface area contributed by atoms with E-state index in [1.54, 1.807) is 0 Å². The Hall–Kier alpha value is -3.84. The molecule has 1 N–H and O–H groups in total. The second kappa shape index (κ2) is 10.0. The fourth-order valence-electron chi connectivity index (χ4n) is 5.77. The summed E-state index contributed by atoms with van der Waals surface area (Å²) < 4.78 is 0. The lowest BCUT2D eigenvalue weighted by Gasteiger charge is -2.35. The zero-order chi connectivity index (χ0) is 25.2. The molecule has 4 aliphatic carbocycles. The Morgan fingerprint density at radius 2 is 1.47 bits per heavy atom. The highest BCUT2D eigenvalue weighted by Crippen LogP contribution is 2.47. The van der Waals surface area contributed by atoms with Crippen LogP contribution in [0.5, 0.6) is 0 Å². The minimum absolute atomic E-state index is 0.343. The van der Waals surface area contributed by atoms with Gasteiger partial charge in [-0.2, -0.15) is 0 Å². The van der Waals surface area contributed by atoms with Gasteiger partial charge in [0.05, 0.1) is 0 Å². The molecule has 0 fully saturated rings. The van der Waals surface area contributed by atoms with Gasteiger partial charge < -0.3 is 5.11 Å². The second-order valence-electron chi connectivity index (χ2n) is 9.67. The Kier molecular flexibility index (Phi) is 6.65. The van der Waals surface area contributed by atoms with Gasteiger partial charge in [0, 0.05) is 11.5 Å². The van der Waals surface area contributed by atoms with E-state index in [1.807, 2.05) is 19.9 Å². The monoisotopic (exact) mass is 470 g/mol. The van der Waals surface area contributed by atoms with Crippen molar-refractivity contribution in [3.8, 4) is 0 Å². The number of benzene rings is 3. The summed E-state index contributed by atoms with van der Waals surface area (Å²) in [6, 6.07) is 19.6. The number of aliphatic hydroxyl groups is 1. The van der Waals surface area contributed by atoms with E-state index < -0.39 is 0 Å². The second-order valence-corrected chi connectivity index (χ2v) is 9.67. The van der Waals surface area contributed by atoms with Crippen LogP contribution in [0.1, 0.15) is 45.6 Å². The SMILES string of the molecule is CC.CC(C)c1c2ccccc2cc2ccccc12.OC1=CC2=CC=CC3=CC=C4CC=CC1=C4C32. The van der Waals surface area contributed by atoms with Crippen molar-refractivity contribution in [2.45, 2.75) is 40.0 Å². The maximum atomic E-state index is 10.1. The third-order valence-corrected chi connectivity index (χ3v) is 7.24. The number of hydrogen-bond donors (Lipinski definition) is 1. The zero-order valence-electron chi connectivity index (χ0n) is 21.6. The molecule has 3 aromatic rings. The smallest absolute Gasteiger partial charge is 0.123 e. The lowest BCUT2D eigenvalue weighted by molar-refractivity contribution is 0.420. The van der Waals surface area contributed by atoms with Crippen LogP contribution in [0.3, 0.4) is 0 Å². The van der Waals surface area contributed by atoms with Crippen molar-refractivity contribution in [1.29, 1.82) is 0 Å². The van der Waals surface area contributed by atoms with Crippen molar-refractivity contribution >= 4 is 21.5 Å². The molecule has 0 heterocycles. The van der Waals surface area contributed by atoms with E-state index in [2.05, 4.69) is 111 Å². The molecule has 0 amide bonds. The standard InChI is InChI=1S/C17H16.C16H12O.C2H6/c1-12(2)17-15-9-5-3-7-13(15)11-14-8-4-6-10-16(14)17;17-14-9-12-5-1-3-10-7-8-11-4-2-6-13(14)16(11)15(10)12;1-2/h3-12H,1-2H3;1-3,5-9,15,17H,4H2;1-2H3. The van der Waals surface area contributed by atoms with Gasteiger partial charge in [-0.1, -0.05) is 119 Å². The predicted octanol–water partition coefficient (Wildman–Crippen LogP) is 9.82. The highest BCUT2D eigenvalue weighted by Gasteiger charge is 2.34. The number of fused-ring (bicyclic) bond motifs is 2.